The van der Waals surface area contributed by atoms with Gasteiger partial charge in [0.1, 0.15) is 11.8 Å². The average Bonchev–Trinajstić information content (AvgIpc) is 3.32. The number of amides is 1. The molecule has 0 spiro atoms. The summed E-state index contributed by atoms with van der Waals surface area (Å²) in [6.07, 6.45) is -0.617. The Morgan fingerprint density at radius 1 is 1.27 bits per heavy atom. The second kappa shape index (κ2) is 8.60. The first-order valence-corrected chi connectivity index (χ1v) is 9.35. The van der Waals surface area contributed by atoms with Crippen molar-refractivity contribution in [3.05, 3.63) is 59.7 Å². The standard InChI is InChI=1S/C20H22F3N5O2/c1-4-15-5-7-17(8-6-15)30-12-27-11-16(10-24-27)25-19(29)14(3)28-13(2)9-18(26-28)20(21,22)23/h5-11,14H,4,12H2,1-3H3,(H,25,29). The normalized spacial score (nSPS) is 12.6. The maximum absolute atomic E-state index is 12.8. The molecule has 2 aromatic heterocycles. The number of rotatable bonds is 7. The number of ether oxygens (including phenoxy) is 1. The number of anilines is 1. The van der Waals surface area contributed by atoms with E-state index in [0.29, 0.717) is 11.4 Å². The Labute approximate surface area is 171 Å². The van der Waals surface area contributed by atoms with E-state index in [4.69, 9.17) is 4.74 Å². The van der Waals surface area contributed by atoms with E-state index in [-0.39, 0.29) is 12.4 Å². The zero-order valence-corrected chi connectivity index (χ0v) is 16.8. The molecule has 7 nitrogen and oxygen atoms in total. The smallest absolute Gasteiger partial charge is 0.435 e. The number of carbonyl (C=O) groups is 1. The first-order valence-electron chi connectivity index (χ1n) is 9.35. The van der Waals surface area contributed by atoms with Crippen LogP contribution in [0.2, 0.25) is 0 Å². The number of nitrogens with zero attached hydrogens (tertiary/aromatic N) is 4. The number of halogens is 3. The highest BCUT2D eigenvalue weighted by Crippen LogP contribution is 2.29. The van der Waals surface area contributed by atoms with Crippen LogP contribution in [0.3, 0.4) is 0 Å². The molecule has 3 aromatic rings. The largest absolute Gasteiger partial charge is 0.471 e. The van der Waals surface area contributed by atoms with Crippen LogP contribution in [0.5, 0.6) is 5.75 Å². The quantitative estimate of drug-likeness (QED) is 0.620. The van der Waals surface area contributed by atoms with Crippen LogP contribution in [0.25, 0.3) is 0 Å². The highest BCUT2D eigenvalue weighted by molar-refractivity contribution is 5.93. The summed E-state index contributed by atoms with van der Waals surface area (Å²) in [7, 11) is 0. The molecule has 1 N–H and O–H groups in total. The van der Waals surface area contributed by atoms with Crippen LogP contribution < -0.4 is 10.1 Å². The maximum Gasteiger partial charge on any atom is 0.435 e. The van der Waals surface area contributed by atoms with E-state index in [1.165, 1.54) is 30.3 Å². The van der Waals surface area contributed by atoms with Crippen LogP contribution >= 0.6 is 0 Å². The molecular weight excluding hydrogens is 399 g/mol. The molecule has 1 aromatic carbocycles. The van der Waals surface area contributed by atoms with Gasteiger partial charge in [-0.3, -0.25) is 9.48 Å². The van der Waals surface area contributed by atoms with Crippen molar-refractivity contribution < 1.29 is 22.7 Å². The number of aromatic nitrogens is 4. The molecule has 0 saturated carbocycles. The number of carbonyl (C=O) groups excluding carboxylic acids is 1. The average molecular weight is 421 g/mol. The highest BCUT2D eigenvalue weighted by Gasteiger charge is 2.35. The molecule has 0 aliphatic carbocycles. The molecule has 1 unspecified atom stereocenters. The monoisotopic (exact) mass is 421 g/mol. The van der Waals surface area contributed by atoms with Gasteiger partial charge in [0.15, 0.2) is 12.4 Å². The minimum absolute atomic E-state index is 0.143. The Morgan fingerprint density at radius 3 is 2.57 bits per heavy atom. The molecule has 160 valence electrons. The lowest BCUT2D eigenvalue weighted by molar-refractivity contribution is -0.141. The van der Waals surface area contributed by atoms with E-state index in [9.17, 15) is 18.0 Å². The van der Waals surface area contributed by atoms with Gasteiger partial charge in [-0.15, -0.1) is 0 Å². The van der Waals surface area contributed by atoms with Gasteiger partial charge in [0.05, 0.1) is 18.1 Å². The summed E-state index contributed by atoms with van der Waals surface area (Å²) in [6.45, 7) is 5.15. The predicted octanol–water partition coefficient (Wildman–Crippen LogP) is 4.21. The molecule has 1 amide bonds. The second-order valence-electron chi connectivity index (χ2n) is 6.82. The molecular formula is C20H22F3N5O2. The van der Waals surface area contributed by atoms with Crippen molar-refractivity contribution in [2.75, 3.05) is 5.32 Å². The Bertz CT molecular complexity index is 1010. The van der Waals surface area contributed by atoms with Crippen molar-refractivity contribution in [3.8, 4) is 5.75 Å². The van der Waals surface area contributed by atoms with Crippen LogP contribution in [-0.2, 0) is 24.1 Å². The van der Waals surface area contributed by atoms with Crippen LogP contribution in [0.15, 0.2) is 42.7 Å². The van der Waals surface area contributed by atoms with Crippen molar-refractivity contribution in [1.29, 1.82) is 0 Å². The van der Waals surface area contributed by atoms with Gasteiger partial charge in [-0.1, -0.05) is 19.1 Å². The lowest BCUT2D eigenvalue weighted by atomic mass is 10.2. The SMILES string of the molecule is CCc1ccc(OCn2cc(NC(=O)C(C)n3nc(C(F)(F)F)cc3C)cn2)cc1. The van der Waals surface area contributed by atoms with Crippen molar-refractivity contribution in [3.63, 3.8) is 0 Å². The third-order valence-electron chi connectivity index (χ3n) is 4.56. The Kier molecular flexibility index (Phi) is 6.14. The molecule has 0 fully saturated rings. The summed E-state index contributed by atoms with van der Waals surface area (Å²) in [5.74, 6) is 0.182. The molecule has 0 bridgehead atoms. The topological polar surface area (TPSA) is 74.0 Å². The van der Waals surface area contributed by atoms with E-state index < -0.39 is 23.8 Å². The van der Waals surface area contributed by atoms with Gasteiger partial charge in [-0.2, -0.15) is 23.4 Å². The zero-order chi connectivity index (χ0) is 21.9. The lowest BCUT2D eigenvalue weighted by Crippen LogP contribution is -2.25. The maximum atomic E-state index is 12.8. The van der Waals surface area contributed by atoms with Crippen LogP contribution in [0.4, 0.5) is 18.9 Å². The Balaban J connectivity index is 1.59. The van der Waals surface area contributed by atoms with Gasteiger partial charge in [0.25, 0.3) is 0 Å². The van der Waals surface area contributed by atoms with E-state index in [0.717, 1.165) is 17.2 Å². The molecule has 30 heavy (non-hydrogen) atoms. The lowest BCUT2D eigenvalue weighted by Gasteiger charge is -2.13. The minimum atomic E-state index is -4.57. The molecule has 10 heteroatoms. The van der Waals surface area contributed by atoms with Gasteiger partial charge in [0.2, 0.25) is 5.91 Å². The van der Waals surface area contributed by atoms with Crippen LogP contribution in [0, 0.1) is 6.92 Å². The fourth-order valence-corrected chi connectivity index (χ4v) is 2.84. The third kappa shape index (κ3) is 5.00. The second-order valence-corrected chi connectivity index (χ2v) is 6.82. The Hall–Kier alpha value is -3.30. The fraction of sp³-hybridized carbons (Fsp3) is 0.350. The van der Waals surface area contributed by atoms with E-state index >= 15 is 0 Å². The van der Waals surface area contributed by atoms with Gasteiger partial charge >= 0.3 is 6.18 Å². The first-order chi connectivity index (χ1) is 14.2. The summed E-state index contributed by atoms with van der Waals surface area (Å²) in [4.78, 5) is 12.5. The third-order valence-corrected chi connectivity index (χ3v) is 4.56. The molecule has 0 saturated heterocycles. The van der Waals surface area contributed by atoms with Gasteiger partial charge in [-0.25, -0.2) is 4.68 Å². The van der Waals surface area contributed by atoms with Crippen LogP contribution in [-0.4, -0.2) is 25.5 Å². The van der Waals surface area contributed by atoms with Gasteiger partial charge in [-0.05, 0) is 44.0 Å². The molecule has 0 aliphatic heterocycles. The summed E-state index contributed by atoms with van der Waals surface area (Å²) in [5, 5.41) is 10.3. The summed E-state index contributed by atoms with van der Waals surface area (Å²) in [6, 6.07) is 7.67. The number of hydrogen-bond acceptors (Lipinski definition) is 4. The summed E-state index contributed by atoms with van der Waals surface area (Å²) in [5.41, 5.74) is 0.813. The van der Waals surface area contributed by atoms with E-state index in [1.54, 1.807) is 6.20 Å². The van der Waals surface area contributed by atoms with E-state index in [1.807, 2.05) is 24.3 Å². The number of benzene rings is 1. The minimum Gasteiger partial charge on any atom is -0.471 e. The van der Waals surface area contributed by atoms with Crippen molar-refractivity contribution in [2.24, 2.45) is 0 Å². The van der Waals surface area contributed by atoms with Crippen LogP contribution in [0.1, 0.15) is 36.8 Å². The first kappa shape index (κ1) is 21.4. The number of nitrogens with one attached hydrogen (secondary N) is 1. The van der Waals surface area contributed by atoms with Crippen molar-refractivity contribution in [1.82, 2.24) is 19.6 Å². The fourth-order valence-electron chi connectivity index (χ4n) is 2.84. The molecule has 2 heterocycles. The molecule has 0 radical (unpaired) electrons. The number of aryl methyl sites for hydroxylation is 2. The summed E-state index contributed by atoms with van der Waals surface area (Å²) < 4.78 is 46.7. The molecule has 0 aliphatic rings. The number of hydrogen-bond donors (Lipinski definition) is 1. The Morgan fingerprint density at radius 2 is 1.97 bits per heavy atom. The van der Waals surface area contributed by atoms with Crippen molar-refractivity contribution >= 4 is 11.6 Å². The van der Waals surface area contributed by atoms with Crippen molar-refractivity contribution in [2.45, 2.75) is 46.1 Å². The number of alkyl halides is 3. The highest BCUT2D eigenvalue weighted by atomic mass is 19.4. The van der Waals surface area contributed by atoms with Gasteiger partial charge in [0, 0.05) is 5.69 Å². The zero-order valence-electron chi connectivity index (χ0n) is 16.8. The van der Waals surface area contributed by atoms with E-state index in [2.05, 4.69) is 22.4 Å². The molecule has 1 atom stereocenters. The summed E-state index contributed by atoms with van der Waals surface area (Å²) >= 11 is 0. The predicted molar refractivity (Wildman–Crippen MR) is 104 cm³/mol. The van der Waals surface area contributed by atoms with Gasteiger partial charge < -0.3 is 10.1 Å². The molecule has 3 rings (SSSR count).